The lowest BCUT2D eigenvalue weighted by Crippen LogP contribution is -2.41. The van der Waals surface area contributed by atoms with Gasteiger partial charge in [0.2, 0.25) is 0 Å². The number of carbonyl (C=O) groups is 1. The summed E-state index contributed by atoms with van der Waals surface area (Å²) in [6.45, 7) is 6.14. The highest BCUT2D eigenvalue weighted by atomic mass is 16.5. The zero-order valence-corrected chi connectivity index (χ0v) is 12.0. The van der Waals surface area contributed by atoms with Crippen molar-refractivity contribution in [1.82, 2.24) is 5.32 Å². The highest BCUT2D eigenvalue weighted by Crippen LogP contribution is 2.14. The molecule has 0 radical (unpaired) electrons. The number of nitrogens with one attached hydrogen (secondary N) is 1. The highest BCUT2D eigenvalue weighted by molar-refractivity contribution is 5.67. The van der Waals surface area contributed by atoms with Crippen molar-refractivity contribution in [2.75, 3.05) is 6.61 Å². The quantitative estimate of drug-likeness (QED) is 0.803. The highest BCUT2D eigenvalue weighted by Gasteiger charge is 2.14. The van der Waals surface area contributed by atoms with Crippen molar-refractivity contribution < 1.29 is 9.53 Å². The van der Waals surface area contributed by atoms with Gasteiger partial charge in [-0.3, -0.25) is 0 Å². The summed E-state index contributed by atoms with van der Waals surface area (Å²) in [4.78, 5) is 11.4. The van der Waals surface area contributed by atoms with Gasteiger partial charge in [-0.15, -0.1) is 0 Å². The third-order valence-corrected chi connectivity index (χ3v) is 2.60. The molecule has 1 aromatic rings. The molecule has 1 rings (SSSR count). The van der Waals surface area contributed by atoms with Crippen molar-refractivity contribution in [2.24, 2.45) is 5.73 Å². The fourth-order valence-electron chi connectivity index (χ4n) is 1.68. The first kappa shape index (κ1) is 15.5. The summed E-state index contributed by atoms with van der Waals surface area (Å²) < 4.78 is 5.10. The zero-order valence-electron chi connectivity index (χ0n) is 12.0. The van der Waals surface area contributed by atoms with E-state index < -0.39 is 0 Å². The minimum Gasteiger partial charge on any atom is -0.450 e. The largest absolute Gasteiger partial charge is 0.450 e. The molecule has 19 heavy (non-hydrogen) atoms. The minimum absolute atomic E-state index is 0.00419. The van der Waals surface area contributed by atoms with Crippen molar-refractivity contribution in [3.05, 3.63) is 35.9 Å². The van der Waals surface area contributed by atoms with Crippen molar-refractivity contribution in [2.45, 2.75) is 45.2 Å². The van der Waals surface area contributed by atoms with Crippen LogP contribution in [0.15, 0.2) is 30.3 Å². The predicted octanol–water partition coefficient (Wildman–Crippen LogP) is 2.99. The normalized spacial score (nSPS) is 12.8. The van der Waals surface area contributed by atoms with Crippen molar-refractivity contribution >= 4 is 6.09 Å². The Morgan fingerprint density at radius 3 is 2.53 bits per heavy atom. The first-order valence-corrected chi connectivity index (χ1v) is 6.64. The lowest BCUT2D eigenvalue weighted by molar-refractivity contribution is 0.135. The molecule has 4 heteroatoms. The molecule has 1 amide bonds. The number of alkyl carbamates (subject to hydrolysis) is 1. The second-order valence-corrected chi connectivity index (χ2v) is 5.67. The molecular formula is C15H24N2O2. The van der Waals surface area contributed by atoms with Crippen molar-refractivity contribution in [3.8, 4) is 0 Å². The van der Waals surface area contributed by atoms with Gasteiger partial charge in [0.25, 0.3) is 0 Å². The Labute approximate surface area is 115 Å². The lowest BCUT2D eigenvalue weighted by Gasteiger charge is -2.20. The molecule has 1 aromatic carbocycles. The average molecular weight is 264 g/mol. The van der Waals surface area contributed by atoms with E-state index in [2.05, 4.69) is 5.32 Å². The molecule has 0 aromatic heterocycles. The Kier molecular flexibility index (Phi) is 5.83. The molecule has 0 aliphatic rings. The summed E-state index contributed by atoms with van der Waals surface area (Å²) in [6.07, 6.45) is 1.18. The molecule has 1 atom stereocenters. The third-order valence-electron chi connectivity index (χ3n) is 2.60. The van der Waals surface area contributed by atoms with Crippen LogP contribution in [0, 0.1) is 0 Å². The Balaban J connectivity index is 2.19. The van der Waals surface area contributed by atoms with Gasteiger partial charge >= 0.3 is 6.09 Å². The van der Waals surface area contributed by atoms with Crippen LogP contribution in [0.3, 0.4) is 0 Å². The number of rotatable bonds is 5. The number of hydrogen-bond donors (Lipinski definition) is 2. The summed E-state index contributed by atoms with van der Waals surface area (Å²) in [7, 11) is 0. The zero-order chi connectivity index (χ0) is 14.3. The number of hydrogen-bond acceptors (Lipinski definition) is 3. The van der Waals surface area contributed by atoms with Gasteiger partial charge < -0.3 is 15.8 Å². The van der Waals surface area contributed by atoms with Crippen molar-refractivity contribution in [1.29, 1.82) is 0 Å². The van der Waals surface area contributed by atoms with Gasteiger partial charge in [-0.1, -0.05) is 30.3 Å². The second kappa shape index (κ2) is 7.14. The molecule has 0 saturated carbocycles. The van der Waals surface area contributed by atoms with E-state index in [1.165, 1.54) is 0 Å². The number of amides is 1. The molecule has 0 saturated heterocycles. The van der Waals surface area contributed by atoms with E-state index in [9.17, 15) is 4.79 Å². The summed E-state index contributed by atoms with van der Waals surface area (Å²) in [6, 6.07) is 9.94. The topological polar surface area (TPSA) is 64.3 Å². The van der Waals surface area contributed by atoms with Gasteiger partial charge in [0.05, 0.1) is 6.61 Å². The molecule has 106 valence electrons. The molecule has 4 nitrogen and oxygen atoms in total. The van der Waals surface area contributed by atoms with E-state index in [1.807, 2.05) is 51.1 Å². The van der Waals surface area contributed by atoms with E-state index in [0.717, 1.165) is 18.4 Å². The summed E-state index contributed by atoms with van der Waals surface area (Å²) in [5, 5.41) is 2.75. The van der Waals surface area contributed by atoms with Gasteiger partial charge in [0.15, 0.2) is 0 Å². The summed E-state index contributed by atoms with van der Waals surface area (Å²) in [5.74, 6) is 0. The Hall–Kier alpha value is -1.55. The molecular weight excluding hydrogens is 240 g/mol. The van der Waals surface area contributed by atoms with Crippen LogP contribution >= 0.6 is 0 Å². The van der Waals surface area contributed by atoms with Crippen LogP contribution in [0.5, 0.6) is 0 Å². The van der Waals surface area contributed by atoms with Crippen molar-refractivity contribution in [3.63, 3.8) is 0 Å². The number of benzene rings is 1. The first-order valence-electron chi connectivity index (χ1n) is 6.64. The maximum atomic E-state index is 11.4. The van der Waals surface area contributed by atoms with Gasteiger partial charge in [0.1, 0.15) is 0 Å². The third kappa shape index (κ3) is 6.82. The molecule has 3 N–H and O–H groups in total. The summed E-state index contributed by atoms with van der Waals surface area (Å²) >= 11 is 0. The number of ether oxygens (including phenoxy) is 1. The fourth-order valence-corrected chi connectivity index (χ4v) is 1.68. The Morgan fingerprint density at radius 1 is 1.32 bits per heavy atom. The molecule has 1 unspecified atom stereocenters. The fraction of sp³-hybridized carbons (Fsp3) is 0.533. The maximum absolute atomic E-state index is 11.4. The van der Waals surface area contributed by atoms with E-state index >= 15 is 0 Å². The molecule has 0 aliphatic carbocycles. The standard InChI is InChI=1S/C15H24N2O2/c1-15(2,3)17-14(18)19-11-7-10-13(16)12-8-5-4-6-9-12/h4-6,8-9,13H,7,10-11,16H2,1-3H3,(H,17,18). The number of nitrogens with two attached hydrogens (primary N) is 1. The monoisotopic (exact) mass is 264 g/mol. The van der Waals surface area contributed by atoms with Crippen LogP contribution in [0.1, 0.15) is 45.2 Å². The first-order chi connectivity index (χ1) is 8.88. The van der Waals surface area contributed by atoms with Gasteiger partial charge in [-0.25, -0.2) is 4.79 Å². The average Bonchev–Trinajstić information content (AvgIpc) is 2.33. The van der Waals surface area contributed by atoms with E-state index in [0.29, 0.717) is 6.61 Å². The molecule has 0 bridgehead atoms. The van der Waals surface area contributed by atoms with E-state index in [-0.39, 0.29) is 17.7 Å². The Morgan fingerprint density at radius 2 is 1.95 bits per heavy atom. The molecule has 0 fully saturated rings. The molecule has 0 aliphatic heterocycles. The van der Waals surface area contributed by atoms with E-state index in [4.69, 9.17) is 10.5 Å². The van der Waals surface area contributed by atoms with Crippen LogP contribution in [-0.4, -0.2) is 18.2 Å². The predicted molar refractivity (Wildman–Crippen MR) is 76.8 cm³/mol. The van der Waals surface area contributed by atoms with Crippen LogP contribution < -0.4 is 11.1 Å². The van der Waals surface area contributed by atoms with Gasteiger partial charge in [-0.05, 0) is 39.2 Å². The van der Waals surface area contributed by atoms with Crippen LogP contribution in [0.4, 0.5) is 4.79 Å². The summed E-state index contributed by atoms with van der Waals surface area (Å²) in [5.41, 5.74) is 6.90. The smallest absolute Gasteiger partial charge is 0.407 e. The van der Waals surface area contributed by atoms with Crippen LogP contribution in [0.25, 0.3) is 0 Å². The molecule has 0 spiro atoms. The van der Waals surface area contributed by atoms with Crippen LogP contribution in [-0.2, 0) is 4.74 Å². The Bertz CT molecular complexity index is 385. The SMILES string of the molecule is CC(C)(C)NC(=O)OCCCC(N)c1ccccc1. The van der Waals surface area contributed by atoms with E-state index in [1.54, 1.807) is 0 Å². The number of carbonyl (C=O) groups excluding carboxylic acids is 1. The maximum Gasteiger partial charge on any atom is 0.407 e. The second-order valence-electron chi connectivity index (χ2n) is 5.67. The van der Waals surface area contributed by atoms with Crippen LogP contribution in [0.2, 0.25) is 0 Å². The van der Waals surface area contributed by atoms with Gasteiger partial charge in [0, 0.05) is 11.6 Å². The minimum atomic E-state index is -0.374. The van der Waals surface area contributed by atoms with Gasteiger partial charge in [-0.2, -0.15) is 0 Å². The lowest BCUT2D eigenvalue weighted by atomic mass is 10.0. The molecule has 0 heterocycles.